The zero-order valence-electron chi connectivity index (χ0n) is 14.0. The van der Waals surface area contributed by atoms with Crippen LogP contribution in [0.5, 0.6) is 0 Å². The van der Waals surface area contributed by atoms with E-state index in [4.69, 9.17) is 0 Å². The van der Waals surface area contributed by atoms with Crippen LogP contribution >= 0.6 is 0 Å². The zero-order valence-corrected chi connectivity index (χ0v) is 14.0. The van der Waals surface area contributed by atoms with E-state index in [1.165, 1.54) is 4.90 Å². The Labute approximate surface area is 140 Å². The van der Waals surface area contributed by atoms with E-state index in [1.807, 2.05) is 45.0 Å². The molecule has 6 heteroatoms. The average molecular weight is 327 g/mol. The van der Waals surface area contributed by atoms with Gasteiger partial charge < -0.3 is 5.32 Å². The lowest BCUT2D eigenvalue weighted by molar-refractivity contribution is -0.145. The lowest BCUT2D eigenvalue weighted by Gasteiger charge is -2.30. The second kappa shape index (κ2) is 4.89. The van der Waals surface area contributed by atoms with Crippen molar-refractivity contribution in [2.75, 3.05) is 5.32 Å². The number of carbonyl (C=O) groups is 3. The standard InChI is InChI=1S/C18H21N3O3/c1-4-9(2)21-15(22)13-10(3)20-18(14(13)16(21)23)11-7-5-6-8-12(11)19-17(18)24/h5-10,13-14,20H,4H2,1-3H3,(H,19,24)/t9-,10-,13+,14-,18-/m0/s1. The molecule has 3 amide bonds. The number of carbonyl (C=O) groups excluding carboxylic acids is 3. The molecular formula is C18H21N3O3. The predicted molar refractivity (Wildman–Crippen MR) is 87.9 cm³/mol. The topological polar surface area (TPSA) is 78.5 Å². The first-order chi connectivity index (χ1) is 11.4. The minimum absolute atomic E-state index is 0.153. The molecule has 4 rings (SSSR count). The molecule has 2 N–H and O–H groups in total. The van der Waals surface area contributed by atoms with Crippen LogP contribution in [0.2, 0.25) is 0 Å². The van der Waals surface area contributed by atoms with Gasteiger partial charge in [0.15, 0.2) is 0 Å². The summed E-state index contributed by atoms with van der Waals surface area (Å²) in [6.07, 6.45) is 0.703. The fourth-order valence-corrected chi connectivity index (χ4v) is 4.56. The zero-order chi connectivity index (χ0) is 17.2. The SMILES string of the molecule is CC[C@H](C)N1C(=O)[C@@H]2[C@H](C)N[C@]3(C(=O)Nc4ccccc43)[C@@H]2C1=O. The van der Waals surface area contributed by atoms with Gasteiger partial charge >= 0.3 is 0 Å². The fourth-order valence-electron chi connectivity index (χ4n) is 4.56. The van der Waals surface area contributed by atoms with E-state index in [9.17, 15) is 14.4 Å². The summed E-state index contributed by atoms with van der Waals surface area (Å²) >= 11 is 0. The molecule has 1 aromatic carbocycles. The number of imide groups is 1. The first-order valence-corrected chi connectivity index (χ1v) is 8.49. The van der Waals surface area contributed by atoms with Crippen LogP contribution in [0.15, 0.2) is 24.3 Å². The monoisotopic (exact) mass is 327 g/mol. The smallest absolute Gasteiger partial charge is 0.250 e. The van der Waals surface area contributed by atoms with Crippen molar-refractivity contribution in [2.24, 2.45) is 11.8 Å². The second-order valence-corrected chi connectivity index (χ2v) is 7.05. The molecule has 1 spiro atoms. The molecule has 2 fully saturated rings. The molecule has 2 saturated heterocycles. The van der Waals surface area contributed by atoms with Gasteiger partial charge in [0.2, 0.25) is 17.7 Å². The van der Waals surface area contributed by atoms with Crippen LogP contribution in [0.25, 0.3) is 0 Å². The van der Waals surface area contributed by atoms with Crippen molar-refractivity contribution in [1.82, 2.24) is 10.2 Å². The molecule has 126 valence electrons. The van der Waals surface area contributed by atoms with Crippen molar-refractivity contribution in [3.8, 4) is 0 Å². The summed E-state index contributed by atoms with van der Waals surface area (Å²) in [5.41, 5.74) is 0.335. The minimum Gasteiger partial charge on any atom is -0.324 e. The Bertz CT molecular complexity index is 762. The average Bonchev–Trinajstić information content (AvgIpc) is 3.12. The number of hydrogen-bond donors (Lipinski definition) is 2. The molecular weight excluding hydrogens is 306 g/mol. The first kappa shape index (κ1) is 15.3. The third kappa shape index (κ3) is 1.61. The number of amides is 3. The van der Waals surface area contributed by atoms with Gasteiger partial charge in [-0.15, -0.1) is 0 Å². The van der Waals surface area contributed by atoms with Gasteiger partial charge in [-0.1, -0.05) is 25.1 Å². The highest BCUT2D eigenvalue weighted by atomic mass is 16.2. The van der Waals surface area contributed by atoms with Gasteiger partial charge in [-0.3, -0.25) is 24.6 Å². The number of rotatable bonds is 2. The number of para-hydroxylation sites is 1. The van der Waals surface area contributed by atoms with Crippen molar-refractivity contribution in [3.63, 3.8) is 0 Å². The van der Waals surface area contributed by atoms with Crippen molar-refractivity contribution >= 4 is 23.4 Å². The summed E-state index contributed by atoms with van der Waals surface area (Å²) in [5.74, 6) is -1.81. The largest absolute Gasteiger partial charge is 0.324 e. The lowest BCUT2D eigenvalue weighted by Crippen LogP contribution is -2.53. The number of fused-ring (bicyclic) bond motifs is 4. The summed E-state index contributed by atoms with van der Waals surface area (Å²) < 4.78 is 0. The van der Waals surface area contributed by atoms with Crippen LogP contribution in [-0.2, 0) is 19.9 Å². The van der Waals surface area contributed by atoms with Crippen LogP contribution in [0, 0.1) is 11.8 Å². The molecule has 1 aromatic rings. The van der Waals surface area contributed by atoms with Crippen molar-refractivity contribution in [1.29, 1.82) is 0 Å². The van der Waals surface area contributed by atoms with Gasteiger partial charge in [0.25, 0.3) is 0 Å². The van der Waals surface area contributed by atoms with Gasteiger partial charge in [0, 0.05) is 23.3 Å². The fraction of sp³-hybridized carbons (Fsp3) is 0.500. The number of nitrogens with one attached hydrogen (secondary N) is 2. The number of likely N-dealkylation sites (tertiary alicyclic amines) is 1. The van der Waals surface area contributed by atoms with E-state index in [0.717, 1.165) is 5.56 Å². The Morgan fingerprint density at radius 1 is 1.21 bits per heavy atom. The number of nitrogens with zero attached hydrogens (tertiary/aromatic N) is 1. The molecule has 24 heavy (non-hydrogen) atoms. The van der Waals surface area contributed by atoms with E-state index >= 15 is 0 Å². The van der Waals surface area contributed by atoms with Crippen LogP contribution < -0.4 is 10.6 Å². The summed E-state index contributed by atoms with van der Waals surface area (Å²) in [7, 11) is 0. The van der Waals surface area contributed by atoms with Gasteiger partial charge in [-0.2, -0.15) is 0 Å². The van der Waals surface area contributed by atoms with Gasteiger partial charge in [-0.25, -0.2) is 0 Å². The maximum Gasteiger partial charge on any atom is 0.250 e. The van der Waals surface area contributed by atoms with Crippen LogP contribution in [0.4, 0.5) is 5.69 Å². The van der Waals surface area contributed by atoms with E-state index in [1.54, 1.807) is 0 Å². The Balaban J connectivity index is 1.88. The Morgan fingerprint density at radius 2 is 1.92 bits per heavy atom. The highest BCUT2D eigenvalue weighted by molar-refractivity contribution is 6.15. The van der Waals surface area contributed by atoms with E-state index < -0.39 is 17.4 Å². The molecule has 3 aliphatic heterocycles. The third-order valence-electron chi connectivity index (χ3n) is 5.84. The molecule has 5 atom stereocenters. The molecule has 0 aliphatic carbocycles. The predicted octanol–water partition coefficient (Wildman–Crippen LogP) is 1.23. The van der Waals surface area contributed by atoms with E-state index in [0.29, 0.717) is 12.1 Å². The third-order valence-corrected chi connectivity index (χ3v) is 5.84. The highest BCUT2D eigenvalue weighted by Gasteiger charge is 2.69. The number of anilines is 1. The van der Waals surface area contributed by atoms with Crippen LogP contribution in [-0.4, -0.2) is 34.7 Å². The quantitative estimate of drug-likeness (QED) is 0.801. The normalized spacial score (nSPS) is 35.4. The molecule has 6 nitrogen and oxygen atoms in total. The Kier molecular flexibility index (Phi) is 3.12. The molecule has 0 aromatic heterocycles. The van der Waals surface area contributed by atoms with Crippen LogP contribution in [0.3, 0.4) is 0 Å². The van der Waals surface area contributed by atoms with Crippen molar-refractivity contribution in [2.45, 2.75) is 44.8 Å². The van der Waals surface area contributed by atoms with E-state index in [-0.39, 0.29) is 29.8 Å². The number of benzene rings is 1. The van der Waals surface area contributed by atoms with E-state index in [2.05, 4.69) is 10.6 Å². The maximum absolute atomic E-state index is 13.1. The molecule has 0 saturated carbocycles. The Hall–Kier alpha value is -2.21. The van der Waals surface area contributed by atoms with Gasteiger partial charge in [0.1, 0.15) is 5.54 Å². The minimum atomic E-state index is -1.14. The molecule has 3 aliphatic rings. The number of hydrogen-bond acceptors (Lipinski definition) is 4. The van der Waals surface area contributed by atoms with Crippen molar-refractivity contribution in [3.05, 3.63) is 29.8 Å². The Morgan fingerprint density at radius 3 is 2.62 bits per heavy atom. The molecule has 0 unspecified atom stereocenters. The molecule has 0 radical (unpaired) electrons. The summed E-state index contributed by atoms with van der Waals surface area (Å²) in [6.45, 7) is 5.71. The summed E-state index contributed by atoms with van der Waals surface area (Å²) in [4.78, 5) is 40.3. The molecule has 0 bridgehead atoms. The van der Waals surface area contributed by atoms with Gasteiger partial charge in [-0.05, 0) is 26.3 Å². The summed E-state index contributed by atoms with van der Waals surface area (Å²) in [5, 5.41) is 6.17. The lowest BCUT2D eigenvalue weighted by atomic mass is 9.76. The maximum atomic E-state index is 13.1. The second-order valence-electron chi connectivity index (χ2n) is 7.05. The van der Waals surface area contributed by atoms with Crippen LogP contribution in [0.1, 0.15) is 32.8 Å². The first-order valence-electron chi connectivity index (χ1n) is 8.49. The van der Waals surface area contributed by atoms with Gasteiger partial charge in [0.05, 0.1) is 11.8 Å². The highest BCUT2D eigenvalue weighted by Crippen LogP contribution is 2.52. The summed E-state index contributed by atoms with van der Waals surface area (Å²) in [6, 6.07) is 7.00. The van der Waals surface area contributed by atoms with Crippen molar-refractivity contribution < 1.29 is 14.4 Å². The molecule has 3 heterocycles.